The molecule has 1 aromatic rings. The molecule has 148 valence electrons. The quantitative estimate of drug-likeness (QED) is 0.666. The maximum Gasteiger partial charge on any atom is 0.255 e. The summed E-state index contributed by atoms with van der Waals surface area (Å²) in [5, 5.41) is 9.63. The average Bonchev–Trinajstić information content (AvgIpc) is 3.23. The Morgan fingerprint density at radius 3 is 2.89 bits per heavy atom. The number of amides is 3. The number of piperidine rings is 1. The van der Waals surface area contributed by atoms with E-state index in [-0.39, 0.29) is 24.1 Å². The number of fused-ring (bicyclic) bond motifs is 3. The molecule has 1 aliphatic carbocycles. The maximum atomic E-state index is 13.1. The topological polar surface area (TPSA) is 90.5 Å². The van der Waals surface area contributed by atoms with E-state index in [0.717, 1.165) is 23.2 Å². The number of hydrogen-bond donors (Lipinski definition) is 3. The van der Waals surface area contributed by atoms with Gasteiger partial charge in [-0.1, -0.05) is 18.2 Å². The largest absolute Gasteiger partial charge is 0.322 e. The second-order valence-electron chi connectivity index (χ2n) is 8.52. The van der Waals surface area contributed by atoms with E-state index in [4.69, 9.17) is 0 Å². The second-order valence-corrected chi connectivity index (χ2v) is 8.52. The lowest BCUT2D eigenvalue weighted by Crippen LogP contribution is -2.52. The van der Waals surface area contributed by atoms with E-state index >= 15 is 0 Å². The molecule has 1 saturated carbocycles. The summed E-state index contributed by atoms with van der Waals surface area (Å²) in [4.78, 5) is 38.4. The van der Waals surface area contributed by atoms with Crippen molar-refractivity contribution in [1.82, 2.24) is 20.9 Å². The van der Waals surface area contributed by atoms with Crippen molar-refractivity contribution in [2.24, 2.45) is 5.92 Å². The summed E-state index contributed by atoms with van der Waals surface area (Å²) in [6.45, 7) is 2.19. The van der Waals surface area contributed by atoms with Crippen LogP contribution in [0.25, 0.3) is 0 Å². The lowest BCUT2D eigenvalue weighted by atomic mass is 9.85. The molecular formula is C21H26N4O3. The Labute approximate surface area is 164 Å². The predicted octanol–water partition coefficient (Wildman–Crippen LogP) is 0.678. The van der Waals surface area contributed by atoms with E-state index in [9.17, 15) is 14.4 Å². The fraction of sp³-hybridized carbons (Fsp3) is 0.571. The standard InChI is InChI=1S/C21H26N4O3/c26-18-7-6-17(20(27)24-18)25-11-13-3-1-2-12(19(13)21(25)28)9-23-16-5-4-15-8-14(16)10-22-15/h1-3,14-17,22-23H,4-11H2,(H,24,26,27). The molecule has 2 bridgehead atoms. The van der Waals surface area contributed by atoms with Gasteiger partial charge < -0.3 is 15.5 Å². The zero-order valence-electron chi connectivity index (χ0n) is 15.9. The molecule has 3 fully saturated rings. The molecule has 7 heteroatoms. The molecular weight excluding hydrogens is 356 g/mol. The summed E-state index contributed by atoms with van der Waals surface area (Å²) in [5.41, 5.74) is 2.71. The fourth-order valence-electron chi connectivity index (χ4n) is 5.34. The Morgan fingerprint density at radius 1 is 1.14 bits per heavy atom. The van der Waals surface area contributed by atoms with Crippen LogP contribution in [0.3, 0.4) is 0 Å². The number of carbonyl (C=O) groups is 3. The Hall–Kier alpha value is -2.25. The van der Waals surface area contributed by atoms with Crippen LogP contribution in [0.4, 0.5) is 0 Å². The van der Waals surface area contributed by atoms with Gasteiger partial charge in [0.15, 0.2) is 0 Å². The number of rotatable bonds is 4. The molecule has 3 heterocycles. The molecule has 0 spiro atoms. The van der Waals surface area contributed by atoms with Crippen LogP contribution < -0.4 is 16.0 Å². The smallest absolute Gasteiger partial charge is 0.255 e. The van der Waals surface area contributed by atoms with E-state index < -0.39 is 6.04 Å². The average molecular weight is 382 g/mol. The lowest BCUT2D eigenvalue weighted by molar-refractivity contribution is -0.136. The minimum atomic E-state index is -0.557. The lowest BCUT2D eigenvalue weighted by Gasteiger charge is -2.30. The van der Waals surface area contributed by atoms with Crippen molar-refractivity contribution in [2.75, 3.05) is 6.54 Å². The molecule has 28 heavy (non-hydrogen) atoms. The van der Waals surface area contributed by atoms with Crippen molar-refractivity contribution >= 4 is 17.7 Å². The third-order valence-corrected chi connectivity index (χ3v) is 6.84. The maximum absolute atomic E-state index is 13.1. The van der Waals surface area contributed by atoms with Gasteiger partial charge in [0.05, 0.1) is 0 Å². The van der Waals surface area contributed by atoms with Gasteiger partial charge in [-0.15, -0.1) is 0 Å². The highest BCUT2D eigenvalue weighted by molar-refractivity contribution is 6.05. The van der Waals surface area contributed by atoms with E-state index in [1.165, 1.54) is 19.3 Å². The van der Waals surface area contributed by atoms with Crippen molar-refractivity contribution in [3.8, 4) is 0 Å². The first-order valence-electron chi connectivity index (χ1n) is 10.3. The van der Waals surface area contributed by atoms with E-state index in [1.54, 1.807) is 4.90 Å². The van der Waals surface area contributed by atoms with E-state index in [1.807, 2.05) is 18.2 Å². The van der Waals surface area contributed by atoms with E-state index in [2.05, 4.69) is 16.0 Å². The normalized spacial score (nSPS) is 31.9. The first kappa shape index (κ1) is 17.8. The molecule has 5 rings (SSSR count). The number of hydrogen-bond acceptors (Lipinski definition) is 5. The molecule has 4 aliphatic rings. The highest BCUT2D eigenvalue weighted by Crippen LogP contribution is 2.32. The first-order valence-corrected chi connectivity index (χ1v) is 10.3. The molecule has 3 amide bonds. The molecule has 7 nitrogen and oxygen atoms in total. The summed E-state index contributed by atoms with van der Waals surface area (Å²) in [5.74, 6) is -0.0340. The van der Waals surface area contributed by atoms with Crippen LogP contribution in [0.1, 0.15) is 53.6 Å². The summed E-state index contributed by atoms with van der Waals surface area (Å²) >= 11 is 0. The minimum Gasteiger partial charge on any atom is -0.322 e. The third-order valence-electron chi connectivity index (χ3n) is 6.84. The van der Waals surface area contributed by atoms with Crippen LogP contribution in [0.15, 0.2) is 18.2 Å². The van der Waals surface area contributed by atoms with Gasteiger partial charge in [0.25, 0.3) is 5.91 Å². The third kappa shape index (κ3) is 3.02. The van der Waals surface area contributed by atoms with Crippen LogP contribution in [0, 0.1) is 5.92 Å². The predicted molar refractivity (Wildman–Crippen MR) is 102 cm³/mol. The van der Waals surface area contributed by atoms with Gasteiger partial charge in [0.2, 0.25) is 11.8 Å². The minimum absolute atomic E-state index is 0.0897. The number of benzene rings is 1. The van der Waals surface area contributed by atoms with Gasteiger partial charge in [-0.2, -0.15) is 0 Å². The molecule has 4 atom stereocenters. The van der Waals surface area contributed by atoms with Gasteiger partial charge in [-0.05, 0) is 49.3 Å². The fourth-order valence-corrected chi connectivity index (χ4v) is 5.34. The number of imide groups is 1. The van der Waals surface area contributed by atoms with Gasteiger partial charge >= 0.3 is 0 Å². The van der Waals surface area contributed by atoms with Crippen LogP contribution >= 0.6 is 0 Å². The monoisotopic (exact) mass is 382 g/mol. The Balaban J connectivity index is 1.31. The second kappa shape index (κ2) is 6.97. The van der Waals surface area contributed by atoms with Crippen molar-refractivity contribution in [3.05, 3.63) is 34.9 Å². The number of nitrogens with zero attached hydrogens (tertiary/aromatic N) is 1. The summed E-state index contributed by atoms with van der Waals surface area (Å²) in [7, 11) is 0. The van der Waals surface area contributed by atoms with E-state index in [0.29, 0.717) is 37.5 Å². The SMILES string of the molecule is O=C1CCC(N2Cc3cccc(CNC4CCC5CC4CN5)c3C2=O)C(=O)N1. The molecule has 1 aromatic carbocycles. The van der Waals surface area contributed by atoms with Crippen molar-refractivity contribution in [2.45, 2.75) is 63.3 Å². The zero-order valence-corrected chi connectivity index (χ0v) is 15.9. The first-order chi connectivity index (χ1) is 13.6. The molecule has 0 radical (unpaired) electrons. The zero-order chi connectivity index (χ0) is 19.3. The molecule has 0 aromatic heterocycles. The molecule has 4 unspecified atom stereocenters. The summed E-state index contributed by atoms with van der Waals surface area (Å²) in [6.07, 6.45) is 4.31. The Kier molecular flexibility index (Phi) is 4.44. The van der Waals surface area contributed by atoms with Crippen LogP contribution in [0.2, 0.25) is 0 Å². The Bertz CT molecular complexity index is 839. The number of nitrogens with one attached hydrogen (secondary N) is 3. The van der Waals surface area contributed by atoms with Crippen LogP contribution in [-0.4, -0.2) is 47.3 Å². The molecule has 3 N–H and O–H groups in total. The highest BCUT2D eigenvalue weighted by Gasteiger charge is 2.40. The van der Waals surface area contributed by atoms with Gasteiger partial charge in [0, 0.05) is 37.2 Å². The number of carbonyl (C=O) groups excluding carboxylic acids is 3. The van der Waals surface area contributed by atoms with Gasteiger partial charge in [-0.3, -0.25) is 19.7 Å². The Morgan fingerprint density at radius 2 is 2.04 bits per heavy atom. The van der Waals surface area contributed by atoms with Crippen molar-refractivity contribution in [1.29, 1.82) is 0 Å². The molecule has 3 aliphatic heterocycles. The summed E-state index contributed by atoms with van der Waals surface area (Å²) in [6, 6.07) is 6.59. The summed E-state index contributed by atoms with van der Waals surface area (Å²) < 4.78 is 0. The van der Waals surface area contributed by atoms with Gasteiger partial charge in [0.1, 0.15) is 6.04 Å². The van der Waals surface area contributed by atoms with Gasteiger partial charge in [-0.25, -0.2) is 0 Å². The van der Waals surface area contributed by atoms with Crippen molar-refractivity contribution in [3.63, 3.8) is 0 Å². The van der Waals surface area contributed by atoms with Crippen LogP contribution in [0.5, 0.6) is 0 Å². The van der Waals surface area contributed by atoms with Crippen LogP contribution in [-0.2, 0) is 22.7 Å². The highest BCUT2D eigenvalue weighted by atomic mass is 16.2. The van der Waals surface area contributed by atoms with Crippen molar-refractivity contribution < 1.29 is 14.4 Å². The molecule has 2 saturated heterocycles.